The number of benzene rings is 2. The van der Waals surface area contributed by atoms with E-state index < -0.39 is 0 Å². The van der Waals surface area contributed by atoms with Gasteiger partial charge in [-0.3, -0.25) is 0 Å². The van der Waals surface area contributed by atoms with E-state index in [1.807, 2.05) is 45.3 Å². The number of quaternary nitrogens is 1. The van der Waals surface area contributed by atoms with Gasteiger partial charge in [0.1, 0.15) is 12.3 Å². The summed E-state index contributed by atoms with van der Waals surface area (Å²) in [5.74, 6) is 0.245. The van der Waals surface area contributed by atoms with Gasteiger partial charge in [-0.25, -0.2) is 4.79 Å². The molecular formula is C18H20NO3+. The van der Waals surface area contributed by atoms with Crippen molar-refractivity contribution in [3.8, 4) is 5.75 Å². The highest BCUT2D eigenvalue weighted by molar-refractivity contribution is 6.06. The Labute approximate surface area is 128 Å². The fraction of sp³-hybridized carbons (Fsp3) is 0.278. The van der Waals surface area contributed by atoms with Crippen LogP contribution in [0.15, 0.2) is 39.5 Å². The second kappa shape index (κ2) is 5.46. The summed E-state index contributed by atoms with van der Waals surface area (Å²) in [5, 5.41) is 12.9. The molecule has 0 saturated heterocycles. The number of aryl methyl sites for hydroxylation is 1. The van der Waals surface area contributed by atoms with Gasteiger partial charge in [0.2, 0.25) is 0 Å². The summed E-state index contributed by atoms with van der Waals surface area (Å²) in [5.41, 5.74) is 1.72. The van der Waals surface area contributed by atoms with Crippen molar-refractivity contribution in [3.05, 3.63) is 51.9 Å². The van der Waals surface area contributed by atoms with E-state index in [-0.39, 0.29) is 11.4 Å². The molecule has 3 aromatic rings. The number of phenolic OH excluding ortho intramolecular Hbond substituents is 1. The predicted octanol–water partition coefficient (Wildman–Crippen LogP) is 1.86. The van der Waals surface area contributed by atoms with Crippen molar-refractivity contribution < 1.29 is 14.4 Å². The van der Waals surface area contributed by atoms with E-state index in [0.717, 1.165) is 27.7 Å². The minimum Gasteiger partial charge on any atom is -0.507 e. The van der Waals surface area contributed by atoms with Crippen molar-refractivity contribution >= 4 is 21.7 Å². The summed E-state index contributed by atoms with van der Waals surface area (Å²) >= 11 is 0. The van der Waals surface area contributed by atoms with Crippen molar-refractivity contribution in [2.45, 2.75) is 19.9 Å². The summed E-state index contributed by atoms with van der Waals surface area (Å²) in [6.07, 6.45) is 0.727. The molecule has 22 heavy (non-hydrogen) atoms. The smallest absolute Gasteiger partial charge is 0.344 e. The molecule has 114 valence electrons. The quantitative estimate of drug-likeness (QED) is 0.573. The molecule has 0 aliphatic heterocycles. The topological polar surface area (TPSA) is 54.9 Å². The van der Waals surface area contributed by atoms with Gasteiger partial charge in [0.15, 0.2) is 5.58 Å². The Morgan fingerprint density at radius 3 is 2.45 bits per heavy atom. The summed E-state index contributed by atoms with van der Waals surface area (Å²) in [6.45, 7) is 2.60. The Morgan fingerprint density at radius 1 is 1.14 bits per heavy atom. The standard InChI is InChI=1S/C18H19NO3/c1-4-11-9-14-12-7-5-6-8-13(12)18(21)22-17(14)15(16(11)20)10-19(2)3/h5-9,20H,4,10H2,1-3H3/p+1. The van der Waals surface area contributed by atoms with Crippen LogP contribution in [0.25, 0.3) is 21.7 Å². The number of hydrogen-bond donors (Lipinski definition) is 2. The summed E-state index contributed by atoms with van der Waals surface area (Å²) in [4.78, 5) is 13.4. The second-order valence-electron chi connectivity index (χ2n) is 5.91. The highest BCUT2D eigenvalue weighted by Gasteiger charge is 2.19. The van der Waals surface area contributed by atoms with Crippen LogP contribution in [0, 0.1) is 0 Å². The van der Waals surface area contributed by atoms with Gasteiger partial charge in [-0.15, -0.1) is 0 Å². The van der Waals surface area contributed by atoms with E-state index in [1.54, 1.807) is 6.07 Å². The van der Waals surface area contributed by atoms with Gasteiger partial charge >= 0.3 is 5.63 Å². The van der Waals surface area contributed by atoms with Crippen molar-refractivity contribution in [1.82, 2.24) is 0 Å². The fourth-order valence-corrected chi connectivity index (χ4v) is 2.92. The third-order valence-corrected chi connectivity index (χ3v) is 3.97. The second-order valence-corrected chi connectivity index (χ2v) is 5.91. The minimum absolute atomic E-state index is 0.245. The molecule has 0 amide bonds. The summed E-state index contributed by atoms with van der Waals surface area (Å²) < 4.78 is 5.56. The molecule has 4 heteroatoms. The molecule has 0 spiro atoms. The van der Waals surface area contributed by atoms with Crippen LogP contribution in [-0.4, -0.2) is 19.2 Å². The average Bonchev–Trinajstić information content (AvgIpc) is 2.50. The van der Waals surface area contributed by atoms with E-state index in [9.17, 15) is 9.90 Å². The van der Waals surface area contributed by atoms with Crippen LogP contribution in [0.2, 0.25) is 0 Å². The molecule has 4 nitrogen and oxygen atoms in total. The zero-order valence-corrected chi connectivity index (χ0v) is 13.1. The molecular weight excluding hydrogens is 278 g/mol. The molecule has 2 aromatic carbocycles. The highest BCUT2D eigenvalue weighted by atomic mass is 16.4. The molecule has 3 rings (SSSR count). The molecule has 0 atom stereocenters. The van der Waals surface area contributed by atoms with Gasteiger partial charge in [0.25, 0.3) is 0 Å². The van der Waals surface area contributed by atoms with Crippen LogP contribution in [0.4, 0.5) is 0 Å². The molecule has 0 unspecified atom stereocenters. The van der Waals surface area contributed by atoms with Crippen LogP contribution in [0.1, 0.15) is 18.1 Å². The lowest BCUT2D eigenvalue weighted by Gasteiger charge is -2.14. The summed E-state index contributed by atoms with van der Waals surface area (Å²) in [6, 6.07) is 9.38. The molecule has 0 aliphatic rings. The number of rotatable bonds is 3. The average molecular weight is 298 g/mol. The zero-order valence-electron chi connectivity index (χ0n) is 13.1. The maximum atomic E-state index is 12.2. The van der Waals surface area contributed by atoms with E-state index in [0.29, 0.717) is 23.1 Å². The van der Waals surface area contributed by atoms with E-state index in [1.165, 1.54) is 0 Å². The first kappa shape index (κ1) is 14.6. The molecule has 0 fully saturated rings. The normalized spacial score (nSPS) is 11.6. The number of hydrogen-bond acceptors (Lipinski definition) is 3. The Bertz CT molecular complexity index is 909. The zero-order chi connectivity index (χ0) is 15.9. The first-order valence-corrected chi connectivity index (χ1v) is 7.51. The molecule has 2 N–H and O–H groups in total. The van der Waals surface area contributed by atoms with Gasteiger partial charge in [-0.05, 0) is 29.5 Å². The monoisotopic (exact) mass is 298 g/mol. The molecule has 1 aromatic heterocycles. The van der Waals surface area contributed by atoms with Gasteiger partial charge in [0.05, 0.1) is 25.0 Å². The van der Waals surface area contributed by atoms with Crippen molar-refractivity contribution in [3.63, 3.8) is 0 Å². The van der Waals surface area contributed by atoms with Crippen molar-refractivity contribution in [2.75, 3.05) is 14.1 Å². The lowest BCUT2D eigenvalue weighted by molar-refractivity contribution is -0.872. The largest absolute Gasteiger partial charge is 0.507 e. The number of phenols is 1. The van der Waals surface area contributed by atoms with Gasteiger partial charge in [-0.2, -0.15) is 0 Å². The van der Waals surface area contributed by atoms with E-state index in [2.05, 4.69) is 0 Å². The summed E-state index contributed by atoms with van der Waals surface area (Å²) in [7, 11) is 4.01. The van der Waals surface area contributed by atoms with Gasteiger partial charge < -0.3 is 14.4 Å². The lowest BCUT2D eigenvalue weighted by Crippen LogP contribution is -3.04. The maximum absolute atomic E-state index is 12.2. The van der Waals surface area contributed by atoms with E-state index in [4.69, 9.17) is 4.42 Å². The van der Waals surface area contributed by atoms with Gasteiger partial charge in [-0.1, -0.05) is 25.1 Å². The molecule has 0 bridgehead atoms. The number of fused-ring (bicyclic) bond motifs is 3. The Balaban J connectivity index is 2.51. The Morgan fingerprint density at radius 2 is 1.82 bits per heavy atom. The van der Waals surface area contributed by atoms with Gasteiger partial charge in [0, 0.05) is 5.39 Å². The van der Waals surface area contributed by atoms with E-state index >= 15 is 0 Å². The third-order valence-electron chi connectivity index (χ3n) is 3.97. The number of nitrogens with one attached hydrogen (secondary N) is 1. The maximum Gasteiger partial charge on any atom is 0.344 e. The Kier molecular flexibility index (Phi) is 3.62. The first-order valence-electron chi connectivity index (χ1n) is 7.51. The fourth-order valence-electron chi connectivity index (χ4n) is 2.92. The minimum atomic E-state index is -0.359. The lowest BCUT2D eigenvalue weighted by atomic mass is 9.99. The molecule has 1 heterocycles. The van der Waals surface area contributed by atoms with Crippen LogP contribution in [0.5, 0.6) is 5.75 Å². The highest BCUT2D eigenvalue weighted by Crippen LogP contribution is 2.34. The molecule has 0 aliphatic carbocycles. The van der Waals surface area contributed by atoms with Crippen LogP contribution >= 0.6 is 0 Å². The SMILES string of the molecule is CCc1cc2c(oc(=O)c3ccccc32)c(C[NH+](C)C)c1O. The Hall–Kier alpha value is -2.33. The molecule has 0 saturated carbocycles. The van der Waals surface area contributed by atoms with Crippen molar-refractivity contribution in [1.29, 1.82) is 0 Å². The number of aromatic hydroxyl groups is 1. The van der Waals surface area contributed by atoms with Crippen LogP contribution in [0.3, 0.4) is 0 Å². The first-order chi connectivity index (χ1) is 10.5. The molecule has 0 radical (unpaired) electrons. The third kappa shape index (κ3) is 2.25. The predicted molar refractivity (Wildman–Crippen MR) is 87.5 cm³/mol. The van der Waals surface area contributed by atoms with Crippen LogP contribution in [-0.2, 0) is 13.0 Å². The van der Waals surface area contributed by atoms with Crippen molar-refractivity contribution in [2.24, 2.45) is 0 Å². The van der Waals surface area contributed by atoms with Crippen LogP contribution < -0.4 is 10.5 Å².